The SMILES string of the molecule is CN(C1CCOC1)C(CN)CC(=O)NC1CC1. The quantitative estimate of drug-likeness (QED) is 0.670. The van der Waals surface area contributed by atoms with Crippen LogP contribution in [0.15, 0.2) is 0 Å². The summed E-state index contributed by atoms with van der Waals surface area (Å²) in [5.41, 5.74) is 5.77. The van der Waals surface area contributed by atoms with Crippen LogP contribution in [0, 0.1) is 0 Å². The van der Waals surface area contributed by atoms with Crippen LogP contribution in [0.2, 0.25) is 0 Å². The zero-order valence-electron chi connectivity index (χ0n) is 10.5. The molecule has 98 valence electrons. The molecule has 0 aromatic heterocycles. The highest BCUT2D eigenvalue weighted by Gasteiger charge is 2.29. The van der Waals surface area contributed by atoms with Crippen LogP contribution in [-0.2, 0) is 9.53 Å². The Balaban J connectivity index is 1.79. The van der Waals surface area contributed by atoms with Crippen LogP contribution in [0.4, 0.5) is 0 Å². The highest BCUT2D eigenvalue weighted by Crippen LogP contribution is 2.19. The number of hydrogen-bond acceptors (Lipinski definition) is 4. The zero-order chi connectivity index (χ0) is 12.3. The minimum atomic E-state index is 0.125. The summed E-state index contributed by atoms with van der Waals surface area (Å²) in [5.74, 6) is 0.133. The molecular weight excluding hydrogens is 218 g/mol. The molecule has 2 aliphatic rings. The third-order valence-electron chi connectivity index (χ3n) is 3.69. The van der Waals surface area contributed by atoms with Gasteiger partial charge in [-0.25, -0.2) is 0 Å². The molecule has 2 fully saturated rings. The molecule has 2 atom stereocenters. The van der Waals surface area contributed by atoms with Crippen LogP contribution in [-0.4, -0.2) is 55.7 Å². The lowest BCUT2D eigenvalue weighted by atomic mass is 10.1. The van der Waals surface area contributed by atoms with Crippen molar-refractivity contribution in [3.8, 4) is 0 Å². The van der Waals surface area contributed by atoms with E-state index in [1.807, 2.05) is 7.05 Å². The van der Waals surface area contributed by atoms with E-state index in [2.05, 4.69) is 10.2 Å². The summed E-state index contributed by atoms with van der Waals surface area (Å²) in [7, 11) is 2.04. The average molecular weight is 241 g/mol. The van der Waals surface area contributed by atoms with Gasteiger partial charge >= 0.3 is 0 Å². The lowest BCUT2D eigenvalue weighted by Crippen LogP contribution is -2.47. The van der Waals surface area contributed by atoms with E-state index in [4.69, 9.17) is 10.5 Å². The molecule has 5 nitrogen and oxygen atoms in total. The number of ether oxygens (including phenoxy) is 1. The van der Waals surface area contributed by atoms with E-state index in [0.29, 0.717) is 25.0 Å². The first kappa shape index (κ1) is 12.8. The Morgan fingerprint density at radius 2 is 2.29 bits per heavy atom. The molecule has 1 aliphatic heterocycles. The maximum Gasteiger partial charge on any atom is 0.221 e. The van der Waals surface area contributed by atoms with Gasteiger partial charge in [0, 0.05) is 37.7 Å². The number of nitrogens with zero attached hydrogens (tertiary/aromatic N) is 1. The van der Waals surface area contributed by atoms with E-state index in [9.17, 15) is 4.79 Å². The predicted octanol–water partition coefficient (Wildman–Crippen LogP) is -0.297. The van der Waals surface area contributed by atoms with E-state index >= 15 is 0 Å². The molecule has 3 N–H and O–H groups in total. The van der Waals surface area contributed by atoms with E-state index in [1.165, 1.54) is 0 Å². The number of hydrogen-bond donors (Lipinski definition) is 2. The topological polar surface area (TPSA) is 67.6 Å². The van der Waals surface area contributed by atoms with Crippen molar-refractivity contribution < 1.29 is 9.53 Å². The maximum absolute atomic E-state index is 11.8. The van der Waals surface area contributed by atoms with Gasteiger partial charge in [0.2, 0.25) is 5.91 Å². The number of rotatable bonds is 6. The fourth-order valence-electron chi connectivity index (χ4n) is 2.26. The molecule has 1 heterocycles. The molecule has 2 rings (SSSR count). The summed E-state index contributed by atoms with van der Waals surface area (Å²) in [6.45, 7) is 2.10. The molecule has 0 bridgehead atoms. The van der Waals surface area contributed by atoms with E-state index in [1.54, 1.807) is 0 Å². The largest absolute Gasteiger partial charge is 0.380 e. The highest BCUT2D eigenvalue weighted by atomic mass is 16.5. The van der Waals surface area contributed by atoms with Crippen LogP contribution in [0.3, 0.4) is 0 Å². The van der Waals surface area contributed by atoms with Crippen molar-refractivity contribution in [1.82, 2.24) is 10.2 Å². The Kier molecular flexibility index (Phi) is 4.36. The second kappa shape index (κ2) is 5.80. The van der Waals surface area contributed by atoms with Crippen LogP contribution in [0.1, 0.15) is 25.7 Å². The van der Waals surface area contributed by atoms with Gasteiger partial charge in [0.25, 0.3) is 0 Å². The highest BCUT2D eigenvalue weighted by molar-refractivity contribution is 5.77. The Bertz CT molecular complexity index is 262. The number of nitrogens with two attached hydrogens (primary N) is 1. The van der Waals surface area contributed by atoms with Gasteiger partial charge in [0.15, 0.2) is 0 Å². The van der Waals surface area contributed by atoms with Crippen LogP contribution in [0.5, 0.6) is 0 Å². The van der Waals surface area contributed by atoms with Crippen LogP contribution in [0.25, 0.3) is 0 Å². The number of amides is 1. The molecule has 1 amide bonds. The number of likely N-dealkylation sites (N-methyl/N-ethyl adjacent to an activating group) is 1. The molecular formula is C12H23N3O2. The Labute approximate surface area is 103 Å². The summed E-state index contributed by atoms with van der Waals surface area (Å²) >= 11 is 0. The third kappa shape index (κ3) is 3.66. The maximum atomic E-state index is 11.8. The summed E-state index contributed by atoms with van der Waals surface area (Å²) in [6, 6.07) is 0.971. The van der Waals surface area contributed by atoms with Crippen LogP contribution >= 0.6 is 0 Å². The van der Waals surface area contributed by atoms with E-state index in [-0.39, 0.29) is 11.9 Å². The summed E-state index contributed by atoms with van der Waals surface area (Å²) in [4.78, 5) is 14.0. The Hall–Kier alpha value is -0.650. The van der Waals surface area contributed by atoms with E-state index < -0.39 is 0 Å². The molecule has 2 unspecified atom stereocenters. The molecule has 0 radical (unpaired) electrons. The molecule has 1 aliphatic carbocycles. The molecule has 5 heteroatoms. The predicted molar refractivity (Wildman–Crippen MR) is 65.6 cm³/mol. The summed E-state index contributed by atoms with van der Waals surface area (Å²) < 4.78 is 5.37. The Morgan fingerprint density at radius 3 is 2.82 bits per heavy atom. The second-order valence-electron chi connectivity index (χ2n) is 5.12. The van der Waals surface area contributed by atoms with Gasteiger partial charge < -0.3 is 15.8 Å². The second-order valence-corrected chi connectivity index (χ2v) is 5.12. The van der Waals surface area contributed by atoms with Gasteiger partial charge in [0.05, 0.1) is 6.61 Å². The van der Waals surface area contributed by atoms with Crippen molar-refractivity contribution in [1.29, 1.82) is 0 Å². The van der Waals surface area contributed by atoms with Crippen molar-refractivity contribution in [3.63, 3.8) is 0 Å². The fourth-order valence-corrected chi connectivity index (χ4v) is 2.26. The number of carbonyl (C=O) groups excluding carboxylic acids is 1. The first-order valence-electron chi connectivity index (χ1n) is 6.50. The van der Waals surface area contributed by atoms with Crippen molar-refractivity contribution in [2.24, 2.45) is 5.73 Å². The van der Waals surface area contributed by atoms with Gasteiger partial charge in [-0.1, -0.05) is 0 Å². The van der Waals surface area contributed by atoms with Gasteiger partial charge in [0.1, 0.15) is 0 Å². The first-order valence-corrected chi connectivity index (χ1v) is 6.50. The first-order chi connectivity index (χ1) is 8.20. The average Bonchev–Trinajstić information content (AvgIpc) is 2.97. The van der Waals surface area contributed by atoms with Gasteiger partial charge in [-0.15, -0.1) is 0 Å². The molecule has 1 saturated heterocycles. The lowest BCUT2D eigenvalue weighted by Gasteiger charge is -2.31. The molecule has 0 spiro atoms. The minimum absolute atomic E-state index is 0.125. The zero-order valence-corrected chi connectivity index (χ0v) is 10.5. The molecule has 0 aromatic rings. The summed E-state index contributed by atoms with van der Waals surface area (Å²) in [6.07, 6.45) is 3.80. The van der Waals surface area contributed by atoms with Gasteiger partial charge in [-0.3, -0.25) is 9.69 Å². The normalized spacial score (nSPS) is 26.2. The molecule has 1 saturated carbocycles. The smallest absolute Gasteiger partial charge is 0.221 e. The monoisotopic (exact) mass is 241 g/mol. The lowest BCUT2D eigenvalue weighted by molar-refractivity contribution is -0.122. The van der Waals surface area contributed by atoms with Crippen molar-refractivity contribution in [2.45, 2.75) is 43.8 Å². The van der Waals surface area contributed by atoms with Crippen LogP contribution < -0.4 is 11.1 Å². The van der Waals surface area contributed by atoms with Crippen molar-refractivity contribution >= 4 is 5.91 Å². The standard InChI is InChI=1S/C12H23N3O2/c1-15(10-4-5-17-8-10)11(7-13)6-12(16)14-9-2-3-9/h9-11H,2-8,13H2,1H3,(H,14,16). The minimum Gasteiger partial charge on any atom is -0.380 e. The molecule has 17 heavy (non-hydrogen) atoms. The fraction of sp³-hybridized carbons (Fsp3) is 0.917. The van der Waals surface area contributed by atoms with Crippen molar-refractivity contribution in [3.05, 3.63) is 0 Å². The van der Waals surface area contributed by atoms with E-state index in [0.717, 1.165) is 32.5 Å². The molecule has 0 aromatic carbocycles. The third-order valence-corrected chi connectivity index (χ3v) is 3.69. The number of carbonyl (C=O) groups is 1. The Morgan fingerprint density at radius 1 is 1.53 bits per heavy atom. The summed E-state index contributed by atoms with van der Waals surface area (Å²) in [5, 5.41) is 3.01. The van der Waals surface area contributed by atoms with Gasteiger partial charge in [-0.2, -0.15) is 0 Å². The van der Waals surface area contributed by atoms with Gasteiger partial charge in [-0.05, 0) is 26.3 Å². The van der Waals surface area contributed by atoms with Crippen molar-refractivity contribution in [2.75, 3.05) is 26.8 Å². The number of nitrogens with one attached hydrogen (secondary N) is 1.